The van der Waals surface area contributed by atoms with Crippen LogP contribution >= 0.6 is 0 Å². The molecule has 2 aliphatic rings. The average Bonchev–Trinajstić information content (AvgIpc) is 3.53. The molecule has 1 atom stereocenters. The van der Waals surface area contributed by atoms with Gasteiger partial charge in [0.2, 0.25) is 11.8 Å². The highest BCUT2D eigenvalue weighted by Crippen LogP contribution is 2.34. The number of amides is 2. The Kier molecular flexibility index (Phi) is 4.47. The third-order valence-corrected chi connectivity index (χ3v) is 5.23. The smallest absolute Gasteiger partial charge is 0.246 e. The maximum Gasteiger partial charge on any atom is 0.246 e. The molecule has 4 rings (SSSR count). The fraction of sp³-hybridized carbons (Fsp3) is 0.333. The SMILES string of the molecule is N[C@H](C(=O)N1CCN(c2ccccc2-c2ccccc2)C(=O)C1)C1CC1. The van der Waals surface area contributed by atoms with Crippen molar-refractivity contribution in [1.29, 1.82) is 0 Å². The summed E-state index contributed by atoms with van der Waals surface area (Å²) in [5.74, 6) is 0.155. The van der Waals surface area contributed by atoms with Crippen LogP contribution in [0, 0.1) is 5.92 Å². The summed E-state index contributed by atoms with van der Waals surface area (Å²) < 4.78 is 0. The van der Waals surface area contributed by atoms with Crippen LogP contribution < -0.4 is 10.6 Å². The van der Waals surface area contributed by atoms with E-state index in [0.717, 1.165) is 29.7 Å². The monoisotopic (exact) mass is 349 g/mol. The molecule has 1 aliphatic heterocycles. The minimum atomic E-state index is -0.453. The maximum absolute atomic E-state index is 12.8. The van der Waals surface area contributed by atoms with Crippen molar-refractivity contribution < 1.29 is 9.59 Å². The Hall–Kier alpha value is -2.66. The molecule has 5 heteroatoms. The molecule has 5 nitrogen and oxygen atoms in total. The van der Waals surface area contributed by atoms with Gasteiger partial charge in [0.05, 0.1) is 11.7 Å². The molecule has 2 N–H and O–H groups in total. The topological polar surface area (TPSA) is 66.6 Å². The molecule has 2 fully saturated rings. The predicted molar refractivity (Wildman–Crippen MR) is 102 cm³/mol. The predicted octanol–water partition coefficient (Wildman–Crippen LogP) is 2.27. The first-order chi connectivity index (χ1) is 12.6. The standard InChI is InChI=1S/C21H23N3O2/c22-20(16-10-11-16)21(26)23-12-13-24(19(25)14-23)18-9-5-4-8-17(18)15-6-2-1-3-7-15/h1-9,16,20H,10-14,22H2/t20-/m0/s1. The lowest BCUT2D eigenvalue weighted by atomic mass is 10.0. The van der Waals surface area contributed by atoms with Crippen LogP contribution in [0.25, 0.3) is 11.1 Å². The van der Waals surface area contributed by atoms with Crippen LogP contribution in [0.15, 0.2) is 54.6 Å². The Morgan fingerprint density at radius 1 is 1.00 bits per heavy atom. The van der Waals surface area contributed by atoms with Gasteiger partial charge < -0.3 is 15.5 Å². The van der Waals surface area contributed by atoms with E-state index >= 15 is 0 Å². The van der Waals surface area contributed by atoms with E-state index in [1.54, 1.807) is 9.80 Å². The van der Waals surface area contributed by atoms with E-state index in [4.69, 9.17) is 5.73 Å². The van der Waals surface area contributed by atoms with Crippen LogP contribution in [0.2, 0.25) is 0 Å². The van der Waals surface area contributed by atoms with Gasteiger partial charge in [-0.25, -0.2) is 0 Å². The molecule has 1 saturated carbocycles. The highest BCUT2D eigenvalue weighted by molar-refractivity contribution is 6.01. The number of carbonyl (C=O) groups excluding carboxylic acids is 2. The second-order valence-electron chi connectivity index (χ2n) is 7.05. The Morgan fingerprint density at radius 2 is 1.69 bits per heavy atom. The summed E-state index contributed by atoms with van der Waals surface area (Å²) >= 11 is 0. The van der Waals surface area contributed by atoms with Crippen LogP contribution in [0.5, 0.6) is 0 Å². The van der Waals surface area contributed by atoms with E-state index < -0.39 is 6.04 Å². The molecule has 1 heterocycles. The minimum absolute atomic E-state index is 0.0593. The van der Waals surface area contributed by atoms with Crippen LogP contribution in [0.3, 0.4) is 0 Å². The number of piperazine rings is 1. The lowest BCUT2D eigenvalue weighted by Crippen LogP contribution is -2.56. The van der Waals surface area contributed by atoms with Crippen LogP contribution in [-0.4, -0.2) is 42.4 Å². The summed E-state index contributed by atoms with van der Waals surface area (Å²) in [6, 6.07) is 17.5. The Morgan fingerprint density at radius 3 is 2.38 bits per heavy atom. The van der Waals surface area contributed by atoms with E-state index in [-0.39, 0.29) is 18.4 Å². The van der Waals surface area contributed by atoms with Crippen molar-refractivity contribution in [2.45, 2.75) is 18.9 Å². The van der Waals surface area contributed by atoms with Crippen LogP contribution in [-0.2, 0) is 9.59 Å². The van der Waals surface area contributed by atoms with E-state index in [2.05, 4.69) is 0 Å². The molecule has 0 bridgehead atoms. The third kappa shape index (κ3) is 3.22. The number of anilines is 1. The van der Waals surface area contributed by atoms with E-state index in [1.165, 1.54) is 0 Å². The Bertz CT molecular complexity index is 817. The lowest BCUT2D eigenvalue weighted by Gasteiger charge is -2.36. The zero-order valence-electron chi connectivity index (χ0n) is 14.7. The quantitative estimate of drug-likeness (QED) is 0.921. The second-order valence-corrected chi connectivity index (χ2v) is 7.05. The molecule has 2 amide bonds. The van der Waals surface area contributed by atoms with Gasteiger partial charge >= 0.3 is 0 Å². The van der Waals surface area contributed by atoms with Crippen molar-refractivity contribution in [1.82, 2.24) is 4.90 Å². The zero-order valence-corrected chi connectivity index (χ0v) is 14.7. The van der Waals surface area contributed by atoms with Crippen molar-refractivity contribution >= 4 is 17.5 Å². The van der Waals surface area contributed by atoms with Crippen molar-refractivity contribution in [3.8, 4) is 11.1 Å². The first-order valence-electron chi connectivity index (χ1n) is 9.14. The normalized spacial score (nSPS) is 18.7. The summed E-state index contributed by atoms with van der Waals surface area (Å²) in [4.78, 5) is 28.7. The molecule has 0 radical (unpaired) electrons. The summed E-state index contributed by atoms with van der Waals surface area (Å²) in [5, 5.41) is 0. The van der Waals surface area contributed by atoms with Gasteiger partial charge in [-0.3, -0.25) is 9.59 Å². The molecule has 1 aliphatic carbocycles. The van der Waals surface area contributed by atoms with Crippen molar-refractivity contribution in [2.75, 3.05) is 24.5 Å². The molecule has 0 unspecified atom stereocenters. The summed E-state index contributed by atoms with van der Waals surface area (Å²) in [5.41, 5.74) is 9.02. The second kappa shape index (κ2) is 6.92. The van der Waals surface area contributed by atoms with E-state index in [9.17, 15) is 9.59 Å². The minimum Gasteiger partial charge on any atom is -0.330 e. The highest BCUT2D eigenvalue weighted by Gasteiger charge is 2.38. The van der Waals surface area contributed by atoms with Crippen molar-refractivity contribution in [3.05, 3.63) is 54.6 Å². The van der Waals surface area contributed by atoms with Gasteiger partial charge in [-0.1, -0.05) is 48.5 Å². The van der Waals surface area contributed by atoms with Gasteiger partial charge in [0.1, 0.15) is 6.54 Å². The number of para-hydroxylation sites is 1. The number of nitrogens with two attached hydrogens (primary N) is 1. The zero-order chi connectivity index (χ0) is 18.1. The first-order valence-corrected chi connectivity index (χ1v) is 9.14. The Labute approximate surface area is 153 Å². The van der Waals surface area contributed by atoms with Crippen molar-refractivity contribution in [3.63, 3.8) is 0 Å². The number of benzene rings is 2. The highest BCUT2D eigenvalue weighted by atomic mass is 16.2. The summed E-state index contributed by atoms with van der Waals surface area (Å²) in [6.45, 7) is 1.11. The largest absolute Gasteiger partial charge is 0.330 e. The number of rotatable bonds is 4. The van der Waals surface area contributed by atoms with Gasteiger partial charge in [-0.05, 0) is 30.4 Å². The fourth-order valence-electron chi connectivity index (χ4n) is 3.55. The van der Waals surface area contributed by atoms with Gasteiger partial charge in [0, 0.05) is 18.7 Å². The van der Waals surface area contributed by atoms with Crippen LogP contribution in [0.4, 0.5) is 5.69 Å². The lowest BCUT2D eigenvalue weighted by molar-refractivity contribution is -0.138. The number of nitrogens with zero attached hydrogens (tertiary/aromatic N) is 2. The molecule has 0 aromatic heterocycles. The number of carbonyl (C=O) groups is 2. The fourth-order valence-corrected chi connectivity index (χ4v) is 3.55. The molecular weight excluding hydrogens is 326 g/mol. The van der Waals surface area contributed by atoms with Gasteiger partial charge in [0.25, 0.3) is 0 Å². The Balaban J connectivity index is 1.54. The van der Waals surface area contributed by atoms with Crippen molar-refractivity contribution in [2.24, 2.45) is 11.7 Å². The molecule has 1 saturated heterocycles. The first kappa shape index (κ1) is 16.8. The molecule has 2 aromatic rings. The van der Waals surface area contributed by atoms with E-state index in [0.29, 0.717) is 19.0 Å². The average molecular weight is 349 g/mol. The van der Waals surface area contributed by atoms with Gasteiger partial charge in [-0.2, -0.15) is 0 Å². The van der Waals surface area contributed by atoms with Gasteiger partial charge in [-0.15, -0.1) is 0 Å². The number of hydrogen-bond acceptors (Lipinski definition) is 3. The number of hydrogen-bond donors (Lipinski definition) is 1. The van der Waals surface area contributed by atoms with E-state index in [1.807, 2.05) is 54.6 Å². The molecule has 0 spiro atoms. The molecule has 2 aromatic carbocycles. The maximum atomic E-state index is 12.8. The summed E-state index contributed by atoms with van der Waals surface area (Å²) in [7, 11) is 0. The molecular formula is C21H23N3O2. The third-order valence-electron chi connectivity index (χ3n) is 5.23. The van der Waals surface area contributed by atoms with Gasteiger partial charge in [0.15, 0.2) is 0 Å². The molecule has 26 heavy (non-hydrogen) atoms. The summed E-state index contributed by atoms with van der Waals surface area (Å²) in [6.07, 6.45) is 2.04. The van der Waals surface area contributed by atoms with Crippen LogP contribution in [0.1, 0.15) is 12.8 Å². The molecule has 134 valence electrons.